The molecular formula is C21H28ClN. The summed E-state index contributed by atoms with van der Waals surface area (Å²) in [5.74, 6) is 0. The molecule has 0 bridgehead atoms. The normalized spacial score (nSPS) is 12.6. The second-order valence-corrected chi connectivity index (χ2v) is 8.42. The van der Waals surface area contributed by atoms with Gasteiger partial charge in [0.15, 0.2) is 0 Å². The Morgan fingerprint density at radius 3 is 1.48 bits per heavy atom. The smallest absolute Gasteiger partial charge is 0.0453 e. The molecule has 2 aromatic rings. The molecule has 0 saturated carbocycles. The van der Waals surface area contributed by atoms with E-state index in [0.29, 0.717) is 0 Å². The average Bonchev–Trinajstić information content (AvgIpc) is 2.47. The third-order valence-electron chi connectivity index (χ3n) is 4.73. The molecule has 0 amide bonds. The van der Waals surface area contributed by atoms with Gasteiger partial charge in [-0.2, -0.15) is 0 Å². The molecule has 0 aromatic heterocycles. The van der Waals surface area contributed by atoms with E-state index in [1.54, 1.807) is 0 Å². The highest BCUT2D eigenvalue weighted by Crippen LogP contribution is 2.37. The number of rotatable bonds is 7. The van der Waals surface area contributed by atoms with E-state index < -0.39 is 0 Å². The summed E-state index contributed by atoms with van der Waals surface area (Å²) >= 11 is 6.65. The van der Waals surface area contributed by atoms with Gasteiger partial charge in [-0.3, -0.25) is 4.90 Å². The molecule has 0 atom stereocenters. The van der Waals surface area contributed by atoms with Crippen LogP contribution in [0.1, 0.15) is 38.8 Å². The fraction of sp³-hybridized carbons (Fsp3) is 0.429. The summed E-state index contributed by atoms with van der Waals surface area (Å²) in [7, 11) is 0. The predicted molar refractivity (Wildman–Crippen MR) is 101 cm³/mol. The van der Waals surface area contributed by atoms with E-state index in [1.165, 1.54) is 11.1 Å². The van der Waals surface area contributed by atoms with Gasteiger partial charge in [0.2, 0.25) is 0 Å². The van der Waals surface area contributed by atoms with Crippen molar-refractivity contribution in [3.8, 4) is 0 Å². The summed E-state index contributed by atoms with van der Waals surface area (Å²) in [6, 6.07) is 21.3. The molecule has 0 radical (unpaired) electrons. The molecule has 1 nitrogen and oxygen atoms in total. The Morgan fingerprint density at radius 2 is 1.13 bits per heavy atom. The Bertz CT molecular complexity index is 543. The first-order chi connectivity index (χ1) is 10.8. The molecule has 0 unspecified atom stereocenters. The Labute approximate surface area is 146 Å². The van der Waals surface area contributed by atoms with Crippen molar-refractivity contribution in [2.75, 3.05) is 6.54 Å². The molecule has 2 rings (SSSR count). The lowest BCUT2D eigenvalue weighted by Gasteiger charge is -2.41. The molecule has 124 valence electrons. The van der Waals surface area contributed by atoms with Gasteiger partial charge >= 0.3 is 0 Å². The van der Waals surface area contributed by atoms with Crippen LogP contribution in [0.15, 0.2) is 60.7 Å². The maximum absolute atomic E-state index is 6.65. The first-order valence-electron chi connectivity index (χ1n) is 8.27. The lowest BCUT2D eigenvalue weighted by molar-refractivity contribution is 0.135. The molecular weight excluding hydrogens is 302 g/mol. The fourth-order valence-electron chi connectivity index (χ4n) is 2.60. The van der Waals surface area contributed by atoms with E-state index in [0.717, 1.165) is 19.6 Å². The molecule has 0 spiro atoms. The van der Waals surface area contributed by atoms with Gasteiger partial charge in [-0.15, -0.1) is 11.6 Å². The van der Waals surface area contributed by atoms with Crippen molar-refractivity contribution < 1.29 is 0 Å². The number of hydrogen-bond donors (Lipinski definition) is 0. The minimum Gasteiger partial charge on any atom is -0.294 e. The van der Waals surface area contributed by atoms with Crippen molar-refractivity contribution in [3.63, 3.8) is 0 Å². The van der Waals surface area contributed by atoms with Gasteiger partial charge in [0.05, 0.1) is 0 Å². The Balaban J connectivity index is 2.17. The molecule has 23 heavy (non-hydrogen) atoms. The van der Waals surface area contributed by atoms with Gasteiger partial charge in [0, 0.05) is 24.5 Å². The van der Waals surface area contributed by atoms with Crippen molar-refractivity contribution >= 4 is 11.6 Å². The first kappa shape index (κ1) is 18.0. The van der Waals surface area contributed by atoms with Crippen LogP contribution >= 0.6 is 11.6 Å². The van der Waals surface area contributed by atoms with Crippen LogP contribution in [0.3, 0.4) is 0 Å². The summed E-state index contributed by atoms with van der Waals surface area (Å²) in [4.78, 5) is 2.24. The fourth-order valence-corrected chi connectivity index (χ4v) is 2.66. The molecule has 0 fully saturated rings. The largest absolute Gasteiger partial charge is 0.294 e. The molecule has 0 aliphatic carbocycles. The van der Waals surface area contributed by atoms with E-state index in [-0.39, 0.29) is 10.3 Å². The number of hydrogen-bond acceptors (Lipinski definition) is 1. The van der Waals surface area contributed by atoms with Crippen LogP contribution in [-0.2, 0) is 13.1 Å². The third-order valence-corrected chi connectivity index (χ3v) is 5.24. The van der Waals surface area contributed by atoms with Crippen molar-refractivity contribution in [1.82, 2.24) is 4.90 Å². The van der Waals surface area contributed by atoms with E-state index in [1.807, 2.05) is 0 Å². The summed E-state index contributed by atoms with van der Waals surface area (Å²) in [5, 5.41) is 0. The minimum absolute atomic E-state index is 0.0120. The maximum Gasteiger partial charge on any atom is 0.0453 e. The zero-order valence-electron chi connectivity index (χ0n) is 14.7. The van der Waals surface area contributed by atoms with Crippen LogP contribution in [-0.4, -0.2) is 16.3 Å². The Hall–Kier alpha value is -1.31. The lowest BCUT2D eigenvalue weighted by atomic mass is 9.79. The van der Waals surface area contributed by atoms with Crippen molar-refractivity contribution in [3.05, 3.63) is 71.8 Å². The molecule has 0 heterocycles. The van der Waals surface area contributed by atoms with E-state index >= 15 is 0 Å². The van der Waals surface area contributed by atoms with E-state index in [9.17, 15) is 0 Å². The summed E-state index contributed by atoms with van der Waals surface area (Å²) in [6.45, 7) is 11.5. The standard InChI is InChI=1S/C21H28ClN/c1-20(2,21(3,4)22)17-23(15-18-11-7-5-8-12-18)16-19-13-9-6-10-14-19/h5-14H,15-17H2,1-4H3. The first-order valence-corrected chi connectivity index (χ1v) is 8.65. The number of benzene rings is 2. The van der Waals surface area contributed by atoms with Crippen LogP contribution in [0.2, 0.25) is 0 Å². The molecule has 2 aromatic carbocycles. The second-order valence-electron chi connectivity index (χ2n) is 7.47. The Kier molecular flexibility index (Phi) is 5.89. The monoisotopic (exact) mass is 329 g/mol. The summed E-state index contributed by atoms with van der Waals surface area (Å²) in [6.07, 6.45) is 0. The molecule has 0 aliphatic rings. The topological polar surface area (TPSA) is 3.24 Å². The van der Waals surface area contributed by atoms with Crippen LogP contribution in [0.4, 0.5) is 0 Å². The third kappa shape index (κ3) is 5.37. The quantitative estimate of drug-likeness (QED) is 0.586. The molecule has 0 aliphatic heterocycles. The summed E-state index contributed by atoms with van der Waals surface area (Å²) in [5.41, 5.74) is 2.69. The highest BCUT2D eigenvalue weighted by molar-refractivity contribution is 6.23. The van der Waals surface area contributed by atoms with Crippen LogP contribution in [0.5, 0.6) is 0 Å². The SMILES string of the molecule is CC(C)(Cl)C(C)(C)CN(Cc1ccccc1)Cc1ccccc1. The average molecular weight is 330 g/mol. The Morgan fingerprint density at radius 1 is 0.739 bits per heavy atom. The lowest BCUT2D eigenvalue weighted by Crippen LogP contribution is -2.43. The highest BCUT2D eigenvalue weighted by atomic mass is 35.5. The highest BCUT2D eigenvalue weighted by Gasteiger charge is 2.36. The number of nitrogens with zero attached hydrogens (tertiary/aromatic N) is 1. The van der Waals surface area contributed by atoms with E-state index in [2.05, 4.69) is 93.3 Å². The zero-order valence-corrected chi connectivity index (χ0v) is 15.5. The van der Waals surface area contributed by atoms with Crippen LogP contribution in [0, 0.1) is 5.41 Å². The van der Waals surface area contributed by atoms with Gasteiger partial charge in [-0.1, -0.05) is 74.5 Å². The van der Waals surface area contributed by atoms with E-state index in [4.69, 9.17) is 11.6 Å². The van der Waals surface area contributed by atoms with Crippen molar-refractivity contribution in [2.24, 2.45) is 5.41 Å². The van der Waals surface area contributed by atoms with Crippen LogP contribution in [0.25, 0.3) is 0 Å². The zero-order chi connectivity index (χ0) is 16.9. The maximum atomic E-state index is 6.65. The molecule has 2 heteroatoms. The van der Waals surface area contributed by atoms with Gasteiger partial charge in [-0.05, 0) is 30.4 Å². The van der Waals surface area contributed by atoms with Crippen molar-refractivity contribution in [2.45, 2.75) is 45.7 Å². The van der Waals surface area contributed by atoms with Gasteiger partial charge in [0.1, 0.15) is 0 Å². The minimum atomic E-state index is -0.251. The van der Waals surface area contributed by atoms with Crippen LogP contribution < -0.4 is 0 Å². The predicted octanol–water partition coefficient (Wildman–Crippen LogP) is 5.73. The van der Waals surface area contributed by atoms with Gasteiger partial charge in [-0.25, -0.2) is 0 Å². The summed E-state index contributed by atoms with van der Waals surface area (Å²) < 4.78 is 0. The van der Waals surface area contributed by atoms with Gasteiger partial charge < -0.3 is 0 Å². The molecule has 0 N–H and O–H groups in total. The second kappa shape index (κ2) is 7.51. The molecule has 0 saturated heterocycles. The number of alkyl halides is 1. The number of halogens is 1. The van der Waals surface area contributed by atoms with Crippen molar-refractivity contribution in [1.29, 1.82) is 0 Å². The van der Waals surface area contributed by atoms with Gasteiger partial charge in [0.25, 0.3) is 0 Å².